The van der Waals surface area contributed by atoms with Crippen molar-refractivity contribution < 1.29 is 8.42 Å². The van der Waals surface area contributed by atoms with Crippen LogP contribution in [0.1, 0.15) is 12.8 Å². The molecule has 2 nitrogen and oxygen atoms in total. The Bertz CT molecular complexity index is 410. The summed E-state index contributed by atoms with van der Waals surface area (Å²) in [6, 6.07) is 0. The zero-order valence-electron chi connectivity index (χ0n) is 8.01. The fourth-order valence-corrected chi connectivity index (χ4v) is 8.28. The summed E-state index contributed by atoms with van der Waals surface area (Å²) in [4.78, 5) is 0. The molecule has 0 N–H and O–H groups in total. The van der Waals surface area contributed by atoms with Crippen LogP contribution in [-0.2, 0) is 9.84 Å². The Morgan fingerprint density at radius 3 is 1.73 bits per heavy atom. The molecule has 0 aliphatic carbocycles. The fourth-order valence-electron chi connectivity index (χ4n) is 1.50. The molecule has 0 bridgehead atoms. The maximum Gasteiger partial charge on any atom is 0.163 e. The molecule has 0 radical (unpaired) electrons. The van der Waals surface area contributed by atoms with Gasteiger partial charge in [-0.1, -0.05) is 53.6 Å². The van der Waals surface area contributed by atoms with Gasteiger partial charge in [0.2, 0.25) is 0 Å². The van der Waals surface area contributed by atoms with Gasteiger partial charge in [-0.25, -0.2) is 8.42 Å². The van der Waals surface area contributed by atoms with Crippen molar-refractivity contribution in [2.24, 2.45) is 0 Å². The van der Waals surface area contributed by atoms with Gasteiger partial charge in [-0.2, -0.15) is 0 Å². The number of hydrogen-bond acceptors (Lipinski definition) is 2. The van der Waals surface area contributed by atoms with Crippen molar-refractivity contribution >= 4 is 59.3 Å². The van der Waals surface area contributed by atoms with Gasteiger partial charge in [0.1, 0.15) is 0 Å². The molecule has 0 amide bonds. The molecule has 0 saturated carbocycles. The van der Waals surface area contributed by atoms with Crippen LogP contribution in [0.5, 0.6) is 0 Å². The molecule has 2 aliphatic rings. The summed E-state index contributed by atoms with van der Waals surface area (Å²) in [5.41, 5.74) is 0. The normalized spacial score (nSPS) is 30.7. The predicted molar refractivity (Wildman–Crippen MR) is 84.2 cm³/mol. The first-order chi connectivity index (χ1) is 7.21. The molecular formula is C10H12I2O2S. The molecule has 5 heteroatoms. The van der Waals surface area contributed by atoms with Crippen LogP contribution in [0.15, 0.2) is 20.3 Å². The molecule has 2 atom stereocenters. The molecule has 0 fully saturated rings. The molecule has 0 spiro atoms. The highest BCUT2D eigenvalue weighted by Gasteiger charge is 2.30. The van der Waals surface area contributed by atoms with Crippen molar-refractivity contribution in [3.8, 4) is 0 Å². The van der Waals surface area contributed by atoms with Crippen LogP contribution in [0.2, 0.25) is 0 Å². The van der Waals surface area contributed by atoms with Crippen molar-refractivity contribution in [1.82, 2.24) is 0 Å². The number of hydrogen-bond donors (Lipinski definition) is 0. The highest BCUT2D eigenvalue weighted by Crippen LogP contribution is 2.24. The Kier molecular flexibility index (Phi) is 4.28. The van der Waals surface area contributed by atoms with Crippen LogP contribution < -0.4 is 0 Å². The molecule has 0 aromatic heterocycles. The van der Waals surface area contributed by atoms with E-state index in [1.807, 2.05) is 12.2 Å². The average Bonchev–Trinajstić information content (AvgIpc) is 2.31. The van der Waals surface area contributed by atoms with Crippen LogP contribution in [0, 0.1) is 0 Å². The van der Waals surface area contributed by atoms with Gasteiger partial charge in [0.05, 0.1) is 10.5 Å². The van der Waals surface area contributed by atoms with E-state index in [0.29, 0.717) is 0 Å². The third-order valence-electron chi connectivity index (χ3n) is 2.39. The summed E-state index contributed by atoms with van der Waals surface area (Å²) in [5, 5.41) is -0.518. The van der Waals surface area contributed by atoms with Crippen LogP contribution in [0.3, 0.4) is 0 Å². The number of sulfone groups is 1. The lowest BCUT2D eigenvalue weighted by molar-refractivity contribution is 0.583. The molecule has 2 aliphatic heterocycles. The molecule has 0 saturated heterocycles. The molecule has 0 aromatic rings. The zero-order valence-corrected chi connectivity index (χ0v) is 13.1. The molecule has 2 rings (SSSR count). The van der Waals surface area contributed by atoms with Gasteiger partial charge in [0.25, 0.3) is 0 Å². The van der Waals surface area contributed by atoms with E-state index in [1.54, 1.807) is 0 Å². The van der Waals surface area contributed by atoms with Crippen LogP contribution in [0.4, 0.5) is 0 Å². The van der Waals surface area contributed by atoms with Crippen molar-refractivity contribution in [3.05, 3.63) is 20.3 Å². The van der Waals surface area contributed by atoms with Crippen LogP contribution in [-0.4, -0.2) is 26.9 Å². The van der Waals surface area contributed by atoms with Gasteiger partial charge in [0, 0.05) is 0 Å². The summed E-state index contributed by atoms with van der Waals surface area (Å²) >= 11 is 0.0604. The van der Waals surface area contributed by atoms with Crippen molar-refractivity contribution in [1.29, 1.82) is 0 Å². The highest BCUT2D eigenvalue weighted by atomic mass is 127. The van der Waals surface area contributed by atoms with E-state index in [-0.39, 0.29) is 52.0 Å². The van der Waals surface area contributed by atoms with Crippen LogP contribution >= 0.6 is 41.5 Å². The molecule has 15 heavy (non-hydrogen) atoms. The fraction of sp³-hybridized carbons (Fsp3) is 0.400. The third kappa shape index (κ3) is 2.85. The van der Waals surface area contributed by atoms with Crippen molar-refractivity contribution in [2.45, 2.75) is 23.3 Å². The zero-order chi connectivity index (χ0) is 10.7. The first-order valence-corrected chi connectivity index (χ1v) is 11.2. The smallest absolute Gasteiger partial charge is 0.163 e. The van der Waals surface area contributed by atoms with E-state index >= 15 is 0 Å². The van der Waals surface area contributed by atoms with Gasteiger partial charge in [-0.3, -0.25) is 0 Å². The Balaban J connectivity index is 2.19. The summed E-state index contributed by atoms with van der Waals surface area (Å²) in [6.07, 6.45) is 5.26. The topological polar surface area (TPSA) is 34.1 Å². The summed E-state index contributed by atoms with van der Waals surface area (Å²) < 4.78 is 32.9. The Hall–Kier alpha value is 0.630. The lowest BCUT2D eigenvalue weighted by Gasteiger charge is -2.20. The minimum absolute atomic E-state index is 0.0302. The molecule has 2 heterocycles. The molecular weight excluding hydrogens is 438 g/mol. The Morgan fingerprint density at radius 2 is 1.40 bits per heavy atom. The number of halogens is 2. The number of rotatable bonds is 2. The van der Waals surface area contributed by atoms with E-state index in [2.05, 4.69) is 16.2 Å². The Labute approximate surface area is 110 Å². The predicted octanol–water partition coefficient (Wildman–Crippen LogP) is 2.52. The quantitative estimate of drug-likeness (QED) is 0.607. The van der Waals surface area contributed by atoms with E-state index in [0.717, 1.165) is 12.8 Å². The van der Waals surface area contributed by atoms with E-state index in [4.69, 9.17) is 0 Å². The standard InChI is InChI=1S/C10H12I2O2S/c13-15(14,9-1-5-11-6-2-9)10-3-7-12-8-4-10/h1,3,5-10H,2,4H2. The van der Waals surface area contributed by atoms with E-state index < -0.39 is 9.84 Å². The lowest BCUT2D eigenvalue weighted by atomic mass is 10.3. The largest absolute Gasteiger partial charge is 0.228 e. The van der Waals surface area contributed by atoms with E-state index in [1.165, 1.54) is 0 Å². The average molecular weight is 450 g/mol. The minimum atomic E-state index is -2.99. The van der Waals surface area contributed by atoms with Crippen molar-refractivity contribution in [3.63, 3.8) is 0 Å². The Morgan fingerprint density at radius 1 is 0.933 bits per heavy atom. The summed E-state index contributed by atoms with van der Waals surface area (Å²) in [5.74, 6) is 0. The maximum atomic E-state index is 12.2. The SMILES string of the molecule is O=S(=O)(C1C=CI=CC1)C1C=CI=CC1. The first-order valence-electron chi connectivity index (χ1n) is 4.64. The van der Waals surface area contributed by atoms with Gasteiger partial charge in [-0.05, 0) is 29.0 Å². The van der Waals surface area contributed by atoms with Gasteiger partial charge in [0.15, 0.2) is 9.84 Å². The summed E-state index contributed by atoms with van der Waals surface area (Å²) in [6.45, 7) is 0. The molecule has 2 unspecified atom stereocenters. The second-order valence-corrected chi connectivity index (χ2v) is 10.4. The first kappa shape index (κ1) is 12.1. The van der Waals surface area contributed by atoms with Crippen LogP contribution in [0.25, 0.3) is 0 Å². The van der Waals surface area contributed by atoms with Crippen molar-refractivity contribution in [2.75, 3.05) is 0 Å². The minimum Gasteiger partial charge on any atom is -0.228 e. The molecule has 0 aromatic carbocycles. The van der Waals surface area contributed by atoms with Gasteiger partial charge >= 0.3 is 0 Å². The van der Waals surface area contributed by atoms with Gasteiger partial charge < -0.3 is 0 Å². The maximum absolute atomic E-state index is 12.2. The van der Waals surface area contributed by atoms with E-state index in [9.17, 15) is 8.42 Å². The second-order valence-electron chi connectivity index (χ2n) is 3.33. The van der Waals surface area contributed by atoms with Gasteiger partial charge in [-0.15, -0.1) is 0 Å². The third-order valence-corrected chi connectivity index (χ3v) is 8.47. The summed E-state index contributed by atoms with van der Waals surface area (Å²) in [7, 11) is -2.99. The second kappa shape index (κ2) is 5.31. The monoisotopic (exact) mass is 450 g/mol. The highest BCUT2D eigenvalue weighted by molar-refractivity contribution is 14.2. The molecule has 84 valence electrons. The lowest BCUT2D eigenvalue weighted by Crippen LogP contribution is -2.31.